The molecule has 98 valence electrons. The highest BCUT2D eigenvalue weighted by Crippen LogP contribution is 2.38. The monoisotopic (exact) mass is 256 g/mol. The summed E-state index contributed by atoms with van der Waals surface area (Å²) in [6.07, 6.45) is 1.52. The lowest BCUT2D eigenvalue weighted by Crippen LogP contribution is -2.22. The molecule has 2 aromatic carbocycles. The first-order chi connectivity index (χ1) is 9.15. The number of fused-ring (bicyclic) bond motifs is 2. The third-order valence-corrected chi connectivity index (χ3v) is 3.91. The fourth-order valence-electron chi connectivity index (χ4n) is 2.92. The van der Waals surface area contributed by atoms with Gasteiger partial charge in [-0.25, -0.2) is 0 Å². The zero-order chi connectivity index (χ0) is 13.6. The van der Waals surface area contributed by atoms with Gasteiger partial charge in [-0.15, -0.1) is 0 Å². The van der Waals surface area contributed by atoms with E-state index < -0.39 is 12.2 Å². The van der Waals surface area contributed by atoms with Crippen LogP contribution in [0.3, 0.4) is 0 Å². The SMILES string of the molecule is Cc1c2c(c(CO)c3ccccc13)C(O)C(O)C=C2. The zero-order valence-electron chi connectivity index (χ0n) is 10.7. The quantitative estimate of drug-likeness (QED) is 0.732. The first-order valence-corrected chi connectivity index (χ1v) is 6.34. The van der Waals surface area contributed by atoms with Gasteiger partial charge in [0.1, 0.15) is 12.2 Å². The van der Waals surface area contributed by atoms with Crippen LogP contribution in [0.2, 0.25) is 0 Å². The Morgan fingerprint density at radius 1 is 1.11 bits per heavy atom. The van der Waals surface area contributed by atoms with Gasteiger partial charge in [0.25, 0.3) is 0 Å². The van der Waals surface area contributed by atoms with Crippen LogP contribution >= 0.6 is 0 Å². The molecule has 0 aromatic heterocycles. The topological polar surface area (TPSA) is 60.7 Å². The van der Waals surface area contributed by atoms with Gasteiger partial charge in [-0.1, -0.05) is 36.4 Å². The first-order valence-electron chi connectivity index (χ1n) is 6.34. The highest BCUT2D eigenvalue weighted by Gasteiger charge is 2.27. The third-order valence-electron chi connectivity index (χ3n) is 3.91. The molecule has 0 fully saturated rings. The largest absolute Gasteiger partial charge is 0.392 e. The van der Waals surface area contributed by atoms with E-state index >= 15 is 0 Å². The van der Waals surface area contributed by atoms with Crippen LogP contribution in [0.15, 0.2) is 30.3 Å². The van der Waals surface area contributed by atoms with E-state index in [9.17, 15) is 15.3 Å². The molecule has 2 aromatic rings. The van der Waals surface area contributed by atoms with Crippen LogP contribution in [-0.4, -0.2) is 21.4 Å². The second-order valence-electron chi connectivity index (χ2n) is 4.93. The van der Waals surface area contributed by atoms with E-state index in [-0.39, 0.29) is 6.61 Å². The molecule has 0 spiro atoms. The van der Waals surface area contributed by atoms with Crippen molar-refractivity contribution in [2.45, 2.75) is 25.7 Å². The van der Waals surface area contributed by atoms with Crippen molar-refractivity contribution in [1.82, 2.24) is 0 Å². The number of benzene rings is 2. The van der Waals surface area contributed by atoms with Gasteiger partial charge in [0.2, 0.25) is 0 Å². The summed E-state index contributed by atoms with van der Waals surface area (Å²) in [5.74, 6) is 0. The molecule has 3 N–H and O–H groups in total. The van der Waals surface area contributed by atoms with Gasteiger partial charge < -0.3 is 15.3 Å². The minimum atomic E-state index is -0.981. The maximum absolute atomic E-state index is 10.2. The molecule has 0 heterocycles. The summed E-state index contributed by atoms with van der Waals surface area (Å²) in [7, 11) is 0. The zero-order valence-corrected chi connectivity index (χ0v) is 10.7. The smallest absolute Gasteiger partial charge is 0.109 e. The van der Waals surface area contributed by atoms with Crippen molar-refractivity contribution in [3.8, 4) is 0 Å². The normalized spacial score (nSPS) is 21.7. The van der Waals surface area contributed by atoms with Crippen molar-refractivity contribution in [2.24, 2.45) is 0 Å². The summed E-state index contributed by atoms with van der Waals surface area (Å²) in [6, 6.07) is 7.82. The number of aliphatic hydroxyl groups excluding tert-OH is 3. The molecule has 0 radical (unpaired) electrons. The standard InChI is InChI=1S/C16H16O3/c1-9-10-4-2-3-5-12(10)13(8-17)15-11(9)6-7-14(18)16(15)19/h2-7,14,16-19H,8H2,1H3. The lowest BCUT2D eigenvalue weighted by Gasteiger charge is -2.27. The molecule has 3 nitrogen and oxygen atoms in total. The summed E-state index contributed by atoms with van der Waals surface area (Å²) >= 11 is 0. The van der Waals surface area contributed by atoms with Gasteiger partial charge in [0, 0.05) is 0 Å². The minimum Gasteiger partial charge on any atom is -0.392 e. The fraction of sp³-hybridized carbons (Fsp3) is 0.250. The van der Waals surface area contributed by atoms with Gasteiger partial charge in [0.15, 0.2) is 0 Å². The molecule has 0 bridgehead atoms. The number of aryl methyl sites for hydroxylation is 1. The second kappa shape index (κ2) is 4.46. The van der Waals surface area contributed by atoms with Crippen LogP contribution in [0.4, 0.5) is 0 Å². The van der Waals surface area contributed by atoms with Gasteiger partial charge in [-0.3, -0.25) is 0 Å². The molecule has 1 aliphatic carbocycles. The van der Waals surface area contributed by atoms with Gasteiger partial charge in [-0.2, -0.15) is 0 Å². The van der Waals surface area contributed by atoms with Gasteiger partial charge in [0.05, 0.1) is 6.61 Å². The van der Waals surface area contributed by atoms with Crippen molar-refractivity contribution >= 4 is 16.8 Å². The van der Waals surface area contributed by atoms with Crippen LogP contribution in [-0.2, 0) is 6.61 Å². The minimum absolute atomic E-state index is 0.152. The van der Waals surface area contributed by atoms with Gasteiger partial charge >= 0.3 is 0 Å². The molecule has 1 aliphatic rings. The molecule has 3 heteroatoms. The molecule has 0 saturated carbocycles. The number of rotatable bonds is 1. The highest BCUT2D eigenvalue weighted by atomic mass is 16.3. The predicted octanol–water partition coefficient (Wildman–Crippen LogP) is 2.06. The Balaban J connectivity index is 2.46. The van der Waals surface area contributed by atoms with Crippen LogP contribution in [0.1, 0.15) is 28.4 Å². The van der Waals surface area contributed by atoms with E-state index in [4.69, 9.17) is 0 Å². The maximum Gasteiger partial charge on any atom is 0.109 e. The maximum atomic E-state index is 10.2. The summed E-state index contributed by atoms with van der Waals surface area (Å²) in [4.78, 5) is 0. The summed E-state index contributed by atoms with van der Waals surface area (Å²) in [5, 5.41) is 31.7. The highest BCUT2D eigenvalue weighted by molar-refractivity contribution is 5.93. The Bertz CT molecular complexity index is 673. The van der Waals surface area contributed by atoms with Crippen LogP contribution < -0.4 is 0 Å². The average molecular weight is 256 g/mol. The fourth-order valence-corrected chi connectivity index (χ4v) is 2.92. The van der Waals surface area contributed by atoms with Crippen LogP contribution in [0.25, 0.3) is 16.8 Å². The van der Waals surface area contributed by atoms with E-state index in [0.29, 0.717) is 11.1 Å². The Labute approximate surface area is 111 Å². The van der Waals surface area contributed by atoms with E-state index in [1.54, 1.807) is 6.08 Å². The Morgan fingerprint density at radius 3 is 2.47 bits per heavy atom. The van der Waals surface area contributed by atoms with E-state index in [1.807, 2.05) is 37.3 Å². The Hall–Kier alpha value is -1.68. The Kier molecular flexibility index (Phi) is 2.90. The first kappa shape index (κ1) is 12.4. The van der Waals surface area contributed by atoms with Crippen LogP contribution in [0.5, 0.6) is 0 Å². The lowest BCUT2D eigenvalue weighted by molar-refractivity contribution is 0.0457. The molecular weight excluding hydrogens is 240 g/mol. The van der Waals surface area contributed by atoms with E-state index in [2.05, 4.69) is 0 Å². The van der Waals surface area contributed by atoms with Crippen molar-refractivity contribution in [2.75, 3.05) is 0 Å². The summed E-state index contributed by atoms with van der Waals surface area (Å²) < 4.78 is 0. The van der Waals surface area contributed by atoms with Crippen molar-refractivity contribution < 1.29 is 15.3 Å². The Morgan fingerprint density at radius 2 is 1.79 bits per heavy atom. The van der Waals surface area contributed by atoms with E-state index in [1.165, 1.54) is 0 Å². The average Bonchev–Trinajstić information content (AvgIpc) is 2.44. The third kappa shape index (κ3) is 1.70. The molecular formula is C16H16O3. The molecule has 19 heavy (non-hydrogen) atoms. The molecule has 3 rings (SSSR count). The molecule has 0 amide bonds. The molecule has 0 aliphatic heterocycles. The number of hydrogen-bond acceptors (Lipinski definition) is 3. The van der Waals surface area contributed by atoms with Crippen molar-refractivity contribution in [3.63, 3.8) is 0 Å². The van der Waals surface area contributed by atoms with Crippen molar-refractivity contribution in [1.29, 1.82) is 0 Å². The number of aliphatic hydroxyl groups is 3. The molecule has 0 saturated heterocycles. The number of hydrogen-bond donors (Lipinski definition) is 3. The lowest BCUT2D eigenvalue weighted by atomic mass is 9.83. The van der Waals surface area contributed by atoms with Crippen LogP contribution in [0, 0.1) is 6.92 Å². The summed E-state index contributed by atoms with van der Waals surface area (Å²) in [5.41, 5.74) is 3.31. The van der Waals surface area contributed by atoms with Crippen molar-refractivity contribution in [3.05, 3.63) is 52.6 Å². The molecule has 2 unspecified atom stereocenters. The summed E-state index contributed by atoms with van der Waals surface area (Å²) in [6.45, 7) is 1.85. The second-order valence-corrected chi connectivity index (χ2v) is 4.93. The molecule has 2 atom stereocenters. The van der Waals surface area contributed by atoms with E-state index in [0.717, 1.165) is 21.9 Å². The van der Waals surface area contributed by atoms with Gasteiger partial charge in [-0.05, 0) is 39.9 Å². The predicted molar refractivity (Wildman–Crippen MR) is 74.6 cm³/mol.